The third-order valence-electron chi connectivity index (χ3n) is 4.38. The monoisotopic (exact) mass is 328 g/mol. The number of pyridine rings is 1. The summed E-state index contributed by atoms with van der Waals surface area (Å²) in [5.41, 5.74) is 3.78. The number of aromatic nitrogens is 1. The lowest BCUT2D eigenvalue weighted by atomic mass is 9.90. The number of aryl methyl sites for hydroxylation is 2. The zero-order valence-electron chi connectivity index (χ0n) is 13.6. The van der Waals surface area contributed by atoms with Crippen molar-refractivity contribution in [2.24, 2.45) is 0 Å². The number of piperidine rings is 1. The maximum atomic E-state index is 12.8. The van der Waals surface area contributed by atoms with Crippen molar-refractivity contribution in [3.63, 3.8) is 0 Å². The highest BCUT2D eigenvalue weighted by atomic mass is 35.5. The molecule has 1 aliphatic rings. The molecule has 2 aromatic rings. The Morgan fingerprint density at radius 3 is 2.48 bits per heavy atom. The van der Waals surface area contributed by atoms with Crippen LogP contribution in [0.15, 0.2) is 36.4 Å². The quantitative estimate of drug-likeness (QED) is 0.820. The maximum Gasteiger partial charge on any atom is 0.254 e. The number of benzene rings is 1. The molecule has 1 saturated heterocycles. The summed E-state index contributed by atoms with van der Waals surface area (Å²) in [5, 5.41) is 0.750. The van der Waals surface area contributed by atoms with Gasteiger partial charge in [0, 0.05) is 41.0 Å². The Morgan fingerprint density at radius 1 is 1.17 bits per heavy atom. The number of amides is 1. The average molecular weight is 329 g/mol. The Balaban J connectivity index is 1.77. The molecule has 0 spiro atoms. The smallest absolute Gasteiger partial charge is 0.254 e. The van der Waals surface area contributed by atoms with Gasteiger partial charge in [0.2, 0.25) is 0 Å². The van der Waals surface area contributed by atoms with Gasteiger partial charge in [0.15, 0.2) is 0 Å². The van der Waals surface area contributed by atoms with Crippen LogP contribution in [0.25, 0.3) is 0 Å². The Bertz CT molecular complexity index is 692. The van der Waals surface area contributed by atoms with Crippen molar-refractivity contribution < 1.29 is 4.79 Å². The van der Waals surface area contributed by atoms with Crippen molar-refractivity contribution in [1.82, 2.24) is 9.88 Å². The fourth-order valence-corrected chi connectivity index (χ4v) is 3.44. The van der Waals surface area contributed by atoms with Gasteiger partial charge in [0.05, 0.1) is 0 Å². The largest absolute Gasteiger partial charge is 0.338 e. The van der Waals surface area contributed by atoms with Crippen LogP contribution >= 0.6 is 11.6 Å². The lowest BCUT2D eigenvalue weighted by Gasteiger charge is -2.33. The van der Waals surface area contributed by atoms with Gasteiger partial charge < -0.3 is 4.90 Å². The maximum absolute atomic E-state index is 12.8. The van der Waals surface area contributed by atoms with E-state index in [-0.39, 0.29) is 5.91 Å². The van der Waals surface area contributed by atoms with Gasteiger partial charge in [-0.15, -0.1) is 0 Å². The second-order valence-electron chi connectivity index (χ2n) is 6.28. The van der Waals surface area contributed by atoms with Gasteiger partial charge >= 0.3 is 0 Å². The fraction of sp³-hybridized carbons (Fsp3) is 0.368. The van der Waals surface area contributed by atoms with E-state index in [1.807, 2.05) is 43.0 Å². The topological polar surface area (TPSA) is 33.2 Å². The van der Waals surface area contributed by atoms with Crippen LogP contribution < -0.4 is 0 Å². The summed E-state index contributed by atoms with van der Waals surface area (Å²) in [6, 6.07) is 11.7. The van der Waals surface area contributed by atoms with Crippen LogP contribution in [0.5, 0.6) is 0 Å². The molecule has 1 aromatic heterocycles. The Labute approximate surface area is 142 Å². The van der Waals surface area contributed by atoms with E-state index < -0.39 is 0 Å². The Hall–Kier alpha value is -1.87. The zero-order valence-corrected chi connectivity index (χ0v) is 14.3. The summed E-state index contributed by atoms with van der Waals surface area (Å²) in [5.74, 6) is 0.492. The molecule has 0 bridgehead atoms. The van der Waals surface area contributed by atoms with Gasteiger partial charge in [-0.25, -0.2) is 0 Å². The fourth-order valence-electron chi connectivity index (χ4n) is 3.31. The molecule has 1 amide bonds. The molecule has 1 fully saturated rings. The van der Waals surface area contributed by atoms with Gasteiger partial charge in [-0.05, 0) is 56.5 Å². The number of rotatable bonds is 2. The number of carbonyl (C=O) groups is 1. The third-order valence-corrected chi connectivity index (χ3v) is 4.63. The van der Waals surface area contributed by atoms with Crippen molar-refractivity contribution in [2.45, 2.75) is 32.6 Å². The molecule has 1 aromatic carbocycles. The normalized spacial score (nSPS) is 18.0. The summed E-state index contributed by atoms with van der Waals surface area (Å²) in [6.45, 7) is 5.44. The molecule has 3 rings (SSSR count). The molecular weight excluding hydrogens is 308 g/mol. The van der Waals surface area contributed by atoms with Crippen LogP contribution in [-0.4, -0.2) is 28.9 Å². The van der Waals surface area contributed by atoms with Crippen molar-refractivity contribution in [2.75, 3.05) is 13.1 Å². The molecule has 23 heavy (non-hydrogen) atoms. The number of nitrogens with zero attached hydrogens (tertiary/aromatic N) is 2. The molecule has 1 atom stereocenters. The van der Waals surface area contributed by atoms with Crippen LogP contribution in [0.3, 0.4) is 0 Å². The molecule has 0 radical (unpaired) electrons. The van der Waals surface area contributed by atoms with Crippen LogP contribution in [-0.2, 0) is 0 Å². The van der Waals surface area contributed by atoms with Gasteiger partial charge in [0.25, 0.3) is 5.91 Å². The number of halogens is 1. The summed E-state index contributed by atoms with van der Waals surface area (Å²) in [6.07, 6.45) is 2.14. The molecule has 1 aliphatic heterocycles. The minimum absolute atomic E-state index is 0.109. The first-order chi connectivity index (χ1) is 11.0. The lowest BCUT2D eigenvalue weighted by molar-refractivity contribution is 0.0706. The lowest BCUT2D eigenvalue weighted by Crippen LogP contribution is -2.39. The average Bonchev–Trinajstić information content (AvgIpc) is 2.54. The Kier molecular flexibility index (Phi) is 4.67. The predicted molar refractivity (Wildman–Crippen MR) is 93.0 cm³/mol. The molecule has 0 N–H and O–H groups in total. The van der Waals surface area contributed by atoms with Gasteiger partial charge in [-0.3, -0.25) is 9.78 Å². The van der Waals surface area contributed by atoms with E-state index >= 15 is 0 Å². The van der Waals surface area contributed by atoms with Crippen LogP contribution in [0.2, 0.25) is 5.02 Å². The van der Waals surface area contributed by atoms with Crippen molar-refractivity contribution in [3.8, 4) is 0 Å². The minimum atomic E-state index is 0.109. The van der Waals surface area contributed by atoms with Crippen molar-refractivity contribution in [3.05, 3.63) is 63.9 Å². The van der Waals surface area contributed by atoms with E-state index in [1.54, 1.807) is 0 Å². The molecule has 0 saturated carbocycles. The van der Waals surface area contributed by atoms with E-state index in [4.69, 9.17) is 11.6 Å². The minimum Gasteiger partial charge on any atom is -0.338 e. The van der Waals surface area contributed by atoms with Crippen LogP contribution in [0.4, 0.5) is 0 Å². The number of carbonyl (C=O) groups excluding carboxylic acids is 1. The molecule has 120 valence electrons. The van der Waals surface area contributed by atoms with E-state index in [2.05, 4.69) is 17.1 Å². The van der Waals surface area contributed by atoms with Gasteiger partial charge in [0.1, 0.15) is 0 Å². The highest BCUT2D eigenvalue weighted by molar-refractivity contribution is 6.30. The first kappa shape index (κ1) is 16.0. The van der Waals surface area contributed by atoms with E-state index in [0.29, 0.717) is 5.92 Å². The molecule has 0 unspecified atom stereocenters. The summed E-state index contributed by atoms with van der Waals surface area (Å²) >= 11 is 5.97. The predicted octanol–water partition coefficient (Wildman–Crippen LogP) is 4.37. The van der Waals surface area contributed by atoms with Crippen molar-refractivity contribution in [1.29, 1.82) is 0 Å². The first-order valence-electron chi connectivity index (χ1n) is 8.03. The third kappa shape index (κ3) is 3.73. The molecule has 0 aliphatic carbocycles. The first-order valence-corrected chi connectivity index (χ1v) is 8.41. The molecule has 4 heteroatoms. The van der Waals surface area contributed by atoms with E-state index in [9.17, 15) is 4.79 Å². The molecular formula is C19H21ClN2O. The summed E-state index contributed by atoms with van der Waals surface area (Å²) in [4.78, 5) is 19.1. The van der Waals surface area contributed by atoms with Crippen LogP contribution in [0.1, 0.15) is 46.1 Å². The highest BCUT2D eigenvalue weighted by Crippen LogP contribution is 2.28. The second kappa shape index (κ2) is 6.71. The van der Waals surface area contributed by atoms with E-state index in [0.717, 1.165) is 47.9 Å². The number of hydrogen-bond donors (Lipinski definition) is 0. The summed E-state index contributed by atoms with van der Waals surface area (Å²) < 4.78 is 0. The number of likely N-dealkylation sites (tertiary alicyclic amines) is 1. The van der Waals surface area contributed by atoms with Gasteiger partial charge in [-0.2, -0.15) is 0 Å². The summed E-state index contributed by atoms with van der Waals surface area (Å²) in [7, 11) is 0. The zero-order chi connectivity index (χ0) is 16.4. The SMILES string of the molecule is Cc1cc(C(=O)N2CCC[C@@H](c3ccc(Cl)cc3)C2)cc(C)n1. The Morgan fingerprint density at radius 2 is 1.83 bits per heavy atom. The van der Waals surface area contributed by atoms with Gasteiger partial charge in [-0.1, -0.05) is 23.7 Å². The number of hydrogen-bond acceptors (Lipinski definition) is 2. The second-order valence-corrected chi connectivity index (χ2v) is 6.72. The standard InChI is InChI=1S/C19H21ClN2O/c1-13-10-17(11-14(2)21-13)19(23)22-9-3-4-16(12-22)15-5-7-18(20)8-6-15/h5-8,10-11,16H,3-4,9,12H2,1-2H3/t16-/m1/s1. The van der Waals surface area contributed by atoms with Crippen molar-refractivity contribution >= 4 is 17.5 Å². The van der Waals surface area contributed by atoms with Crippen LogP contribution in [0, 0.1) is 13.8 Å². The highest BCUT2D eigenvalue weighted by Gasteiger charge is 2.25. The molecule has 2 heterocycles. The molecule has 3 nitrogen and oxygen atoms in total. The van der Waals surface area contributed by atoms with E-state index in [1.165, 1.54) is 5.56 Å².